The summed E-state index contributed by atoms with van der Waals surface area (Å²) in [6.07, 6.45) is 3.79. The summed E-state index contributed by atoms with van der Waals surface area (Å²) in [4.78, 5) is 16.3. The van der Waals surface area contributed by atoms with Gasteiger partial charge in [-0.2, -0.15) is 4.79 Å². The highest BCUT2D eigenvalue weighted by atomic mass is 16.6. The zero-order chi connectivity index (χ0) is 14.8. The number of amides is 1. The predicted molar refractivity (Wildman–Crippen MR) is 75.0 cm³/mol. The van der Waals surface area contributed by atoms with E-state index in [-0.39, 0.29) is 12.5 Å². The standard InChI is InChI=1S/C15H21N2O3/c1-15(2,3)20-14(19)17-9-12(7-13(17)10-18)11-5-4-6-16-8-11/h4-6,8,12,18H,7,9-10H2,1-3H3/q+1. The fraction of sp³-hybridized carbons (Fsp3) is 0.533. The molecule has 1 atom stereocenters. The fourth-order valence-corrected chi connectivity index (χ4v) is 2.32. The Hall–Kier alpha value is -1.75. The Kier molecular flexibility index (Phi) is 4.18. The number of hydrogen-bond donors (Lipinski definition) is 1. The van der Waals surface area contributed by atoms with Gasteiger partial charge in [0.2, 0.25) is 0 Å². The van der Waals surface area contributed by atoms with Gasteiger partial charge in [-0.25, -0.2) is 0 Å². The van der Waals surface area contributed by atoms with E-state index in [0.717, 1.165) is 5.56 Å². The monoisotopic (exact) mass is 277 g/mol. The molecule has 0 spiro atoms. The molecule has 0 fully saturated rings. The molecule has 0 saturated heterocycles. The van der Waals surface area contributed by atoms with Gasteiger partial charge in [0.15, 0.2) is 12.3 Å². The van der Waals surface area contributed by atoms with E-state index in [9.17, 15) is 9.90 Å². The molecule has 2 rings (SSSR count). The third kappa shape index (κ3) is 3.42. The minimum atomic E-state index is -0.538. The van der Waals surface area contributed by atoms with Crippen LogP contribution in [0, 0.1) is 0 Å². The van der Waals surface area contributed by atoms with Crippen LogP contribution in [0.2, 0.25) is 0 Å². The van der Waals surface area contributed by atoms with Crippen molar-refractivity contribution in [2.24, 2.45) is 0 Å². The van der Waals surface area contributed by atoms with Gasteiger partial charge in [-0.15, -0.1) is 4.58 Å². The van der Waals surface area contributed by atoms with E-state index in [0.29, 0.717) is 18.7 Å². The molecule has 1 aliphatic rings. The fourth-order valence-electron chi connectivity index (χ4n) is 2.32. The summed E-state index contributed by atoms with van der Waals surface area (Å²) in [6.45, 7) is 5.89. The number of carbonyl (C=O) groups is 1. The lowest BCUT2D eigenvalue weighted by atomic mass is 9.98. The zero-order valence-corrected chi connectivity index (χ0v) is 12.2. The number of aliphatic hydroxyl groups is 1. The van der Waals surface area contributed by atoms with E-state index in [1.54, 1.807) is 17.0 Å². The Bertz CT molecular complexity index is 518. The second-order valence-electron chi connectivity index (χ2n) is 6.00. The number of rotatable bonds is 2. The Balaban J connectivity index is 2.14. The summed E-state index contributed by atoms with van der Waals surface area (Å²) >= 11 is 0. The molecule has 1 aliphatic heterocycles. The Labute approximate surface area is 118 Å². The molecule has 108 valence electrons. The Morgan fingerprint density at radius 2 is 2.30 bits per heavy atom. The molecule has 0 aromatic carbocycles. The van der Waals surface area contributed by atoms with Gasteiger partial charge < -0.3 is 9.84 Å². The van der Waals surface area contributed by atoms with Gasteiger partial charge in [0.25, 0.3) is 0 Å². The highest BCUT2D eigenvalue weighted by Crippen LogP contribution is 2.25. The quantitative estimate of drug-likeness (QED) is 0.839. The third-order valence-electron chi connectivity index (χ3n) is 3.22. The van der Waals surface area contributed by atoms with Gasteiger partial charge in [0, 0.05) is 18.8 Å². The number of hydrogen-bond acceptors (Lipinski definition) is 4. The van der Waals surface area contributed by atoms with Crippen molar-refractivity contribution in [1.82, 2.24) is 4.98 Å². The number of aromatic nitrogens is 1. The molecule has 5 heteroatoms. The molecule has 1 aromatic heterocycles. The van der Waals surface area contributed by atoms with Crippen LogP contribution in [0.3, 0.4) is 0 Å². The predicted octanol–water partition coefficient (Wildman–Crippen LogP) is 1.95. The van der Waals surface area contributed by atoms with E-state index < -0.39 is 11.7 Å². The molecule has 0 saturated carbocycles. The van der Waals surface area contributed by atoms with Crippen molar-refractivity contribution in [2.45, 2.75) is 38.7 Å². The SMILES string of the molecule is CC(C)(C)OC(=O)[N+]1=C(CO)CC(c2cccnc2)C1. The minimum absolute atomic E-state index is 0.129. The Morgan fingerprint density at radius 1 is 1.55 bits per heavy atom. The summed E-state index contributed by atoms with van der Waals surface area (Å²) in [5.74, 6) is 0.165. The number of aliphatic hydroxyl groups excluding tert-OH is 1. The van der Waals surface area contributed by atoms with Crippen LogP contribution in [-0.4, -0.2) is 45.2 Å². The summed E-state index contributed by atoms with van der Waals surface area (Å²) < 4.78 is 6.92. The van der Waals surface area contributed by atoms with Crippen LogP contribution in [0.15, 0.2) is 24.5 Å². The lowest BCUT2D eigenvalue weighted by molar-refractivity contribution is -0.446. The van der Waals surface area contributed by atoms with Gasteiger partial charge >= 0.3 is 6.09 Å². The maximum Gasteiger partial charge on any atom is 0.596 e. The first-order valence-electron chi connectivity index (χ1n) is 6.76. The molecule has 0 radical (unpaired) electrons. The molecule has 1 amide bonds. The zero-order valence-electron chi connectivity index (χ0n) is 12.2. The topological polar surface area (TPSA) is 62.4 Å². The number of nitrogens with zero attached hydrogens (tertiary/aromatic N) is 2. The van der Waals surface area contributed by atoms with Gasteiger partial charge in [0.05, 0.1) is 5.92 Å². The first-order valence-corrected chi connectivity index (χ1v) is 6.76. The van der Waals surface area contributed by atoms with Crippen molar-refractivity contribution in [2.75, 3.05) is 13.2 Å². The average Bonchev–Trinajstić information content (AvgIpc) is 2.82. The van der Waals surface area contributed by atoms with Crippen molar-refractivity contribution in [1.29, 1.82) is 0 Å². The van der Waals surface area contributed by atoms with Crippen LogP contribution in [0.1, 0.15) is 38.7 Å². The first kappa shape index (κ1) is 14.7. The normalized spacial score (nSPS) is 19.3. The van der Waals surface area contributed by atoms with Crippen LogP contribution in [0.4, 0.5) is 4.79 Å². The molecule has 1 N–H and O–H groups in total. The maximum atomic E-state index is 12.2. The van der Waals surface area contributed by atoms with Gasteiger partial charge in [-0.1, -0.05) is 6.07 Å². The van der Waals surface area contributed by atoms with Gasteiger partial charge in [-0.05, 0) is 32.4 Å². The summed E-state index contributed by atoms with van der Waals surface area (Å²) in [6, 6.07) is 3.87. The van der Waals surface area contributed by atoms with Gasteiger partial charge in [-0.3, -0.25) is 4.98 Å². The maximum absolute atomic E-state index is 12.2. The van der Waals surface area contributed by atoms with Crippen molar-refractivity contribution < 1.29 is 19.2 Å². The van der Waals surface area contributed by atoms with Crippen LogP contribution in [0.25, 0.3) is 0 Å². The Morgan fingerprint density at radius 3 is 2.85 bits per heavy atom. The lowest BCUT2D eigenvalue weighted by Crippen LogP contribution is -2.33. The van der Waals surface area contributed by atoms with Crippen LogP contribution >= 0.6 is 0 Å². The van der Waals surface area contributed by atoms with Gasteiger partial charge in [0.1, 0.15) is 12.2 Å². The molecular formula is C15H21N2O3+. The lowest BCUT2D eigenvalue weighted by Gasteiger charge is -2.16. The molecule has 0 bridgehead atoms. The largest absolute Gasteiger partial charge is 0.596 e. The van der Waals surface area contributed by atoms with Crippen molar-refractivity contribution >= 4 is 11.8 Å². The number of carbonyl (C=O) groups excluding carboxylic acids is 1. The first-order chi connectivity index (χ1) is 9.40. The van der Waals surface area contributed by atoms with E-state index in [2.05, 4.69) is 4.98 Å². The molecule has 1 aromatic rings. The molecule has 20 heavy (non-hydrogen) atoms. The van der Waals surface area contributed by atoms with Crippen molar-refractivity contribution in [3.63, 3.8) is 0 Å². The van der Waals surface area contributed by atoms with Crippen LogP contribution in [-0.2, 0) is 4.74 Å². The second kappa shape index (κ2) is 5.71. The number of pyridine rings is 1. The van der Waals surface area contributed by atoms with E-state index in [4.69, 9.17) is 4.74 Å². The smallest absolute Gasteiger partial charge is 0.406 e. The van der Waals surface area contributed by atoms with E-state index >= 15 is 0 Å². The van der Waals surface area contributed by atoms with Crippen LogP contribution < -0.4 is 0 Å². The highest BCUT2D eigenvalue weighted by Gasteiger charge is 2.39. The molecule has 5 nitrogen and oxygen atoms in total. The second-order valence-corrected chi connectivity index (χ2v) is 6.00. The van der Waals surface area contributed by atoms with E-state index in [1.165, 1.54) is 0 Å². The summed E-state index contributed by atoms with van der Waals surface area (Å²) in [7, 11) is 0. The van der Waals surface area contributed by atoms with Crippen molar-refractivity contribution in [3.05, 3.63) is 30.1 Å². The minimum Gasteiger partial charge on any atom is -0.406 e. The molecular weight excluding hydrogens is 256 g/mol. The van der Waals surface area contributed by atoms with Crippen molar-refractivity contribution in [3.8, 4) is 0 Å². The number of ether oxygens (including phenoxy) is 1. The summed E-state index contributed by atoms with van der Waals surface area (Å²) in [5, 5.41) is 9.45. The molecule has 1 unspecified atom stereocenters. The molecule has 2 heterocycles. The molecule has 0 aliphatic carbocycles. The third-order valence-corrected chi connectivity index (χ3v) is 3.22. The highest BCUT2D eigenvalue weighted by molar-refractivity contribution is 5.86. The average molecular weight is 277 g/mol. The van der Waals surface area contributed by atoms with E-state index in [1.807, 2.05) is 32.9 Å². The summed E-state index contributed by atoms with van der Waals surface area (Å²) in [5.41, 5.74) is 1.24. The van der Waals surface area contributed by atoms with Crippen LogP contribution in [0.5, 0.6) is 0 Å².